The lowest BCUT2D eigenvalue weighted by Crippen LogP contribution is -1.97. The maximum absolute atomic E-state index is 9.98. The molecule has 0 amide bonds. The maximum atomic E-state index is 9.98. The molecule has 2 heterocycles. The summed E-state index contributed by atoms with van der Waals surface area (Å²) in [5.41, 5.74) is 2.54. The number of thiazole rings is 1. The van der Waals surface area contributed by atoms with E-state index < -0.39 is 6.10 Å². The molecule has 1 N–H and O–H groups in total. The van der Waals surface area contributed by atoms with Gasteiger partial charge in [0.1, 0.15) is 6.10 Å². The molecule has 5 heteroatoms. The van der Waals surface area contributed by atoms with Crippen molar-refractivity contribution in [1.82, 2.24) is 14.8 Å². The molecule has 4 nitrogen and oxygen atoms in total. The average Bonchev–Trinajstić information content (AvgIpc) is 2.87. The van der Waals surface area contributed by atoms with E-state index in [1.165, 1.54) is 11.3 Å². The Morgan fingerprint density at radius 3 is 3.07 bits per heavy atom. The average molecular weight is 223 g/mol. The van der Waals surface area contributed by atoms with Crippen LogP contribution in [0.5, 0.6) is 0 Å². The van der Waals surface area contributed by atoms with Gasteiger partial charge in [-0.25, -0.2) is 0 Å². The summed E-state index contributed by atoms with van der Waals surface area (Å²) in [5.74, 6) is 0. The van der Waals surface area contributed by atoms with Crippen molar-refractivity contribution >= 4 is 11.3 Å². The van der Waals surface area contributed by atoms with Crippen LogP contribution in [0.15, 0.2) is 24.1 Å². The van der Waals surface area contributed by atoms with Gasteiger partial charge in [0.15, 0.2) is 0 Å². The van der Waals surface area contributed by atoms with Crippen LogP contribution >= 0.6 is 11.3 Å². The minimum absolute atomic E-state index is 0.594. The van der Waals surface area contributed by atoms with Crippen LogP contribution in [0.1, 0.15) is 29.9 Å². The summed E-state index contributed by atoms with van der Waals surface area (Å²) in [7, 11) is 0. The van der Waals surface area contributed by atoms with Crippen LogP contribution in [0, 0.1) is 0 Å². The van der Waals surface area contributed by atoms with E-state index in [1.54, 1.807) is 17.9 Å². The Morgan fingerprint density at radius 2 is 2.40 bits per heavy atom. The molecule has 0 saturated carbocycles. The van der Waals surface area contributed by atoms with E-state index in [9.17, 15) is 5.11 Å². The van der Waals surface area contributed by atoms with Crippen molar-refractivity contribution in [2.45, 2.75) is 26.0 Å². The molecule has 80 valence electrons. The summed E-state index contributed by atoms with van der Waals surface area (Å²) in [4.78, 5) is 4.80. The predicted octanol–water partition coefficient (Wildman–Crippen LogP) is 1.83. The topological polar surface area (TPSA) is 50.9 Å². The summed E-state index contributed by atoms with van der Waals surface area (Å²) in [5, 5.41) is 14.2. The van der Waals surface area contributed by atoms with Crippen LogP contribution < -0.4 is 0 Å². The normalized spacial score (nSPS) is 12.9. The minimum Gasteiger partial charge on any atom is -0.383 e. The van der Waals surface area contributed by atoms with E-state index in [-0.39, 0.29) is 0 Å². The fourth-order valence-corrected chi connectivity index (χ4v) is 2.03. The summed E-state index contributed by atoms with van der Waals surface area (Å²) >= 11 is 1.45. The van der Waals surface area contributed by atoms with Crippen LogP contribution in [0.25, 0.3) is 0 Å². The number of aliphatic hydroxyl groups excluding tert-OH is 1. The lowest BCUT2D eigenvalue weighted by Gasteiger charge is -2.03. The van der Waals surface area contributed by atoms with Gasteiger partial charge in [0, 0.05) is 24.5 Å². The zero-order valence-electron chi connectivity index (χ0n) is 8.50. The number of hydrogen-bond donors (Lipinski definition) is 1. The van der Waals surface area contributed by atoms with Crippen LogP contribution in [0.4, 0.5) is 0 Å². The third kappa shape index (κ3) is 2.24. The summed E-state index contributed by atoms with van der Waals surface area (Å²) in [6, 6.07) is 0. The van der Waals surface area contributed by atoms with Gasteiger partial charge in [0.05, 0.1) is 16.6 Å². The molecule has 0 aliphatic carbocycles. The van der Waals surface area contributed by atoms with Crippen molar-refractivity contribution in [1.29, 1.82) is 0 Å². The maximum Gasteiger partial charge on any atom is 0.118 e. The third-order valence-corrected chi connectivity index (χ3v) is 2.97. The van der Waals surface area contributed by atoms with Crippen LogP contribution in [0.2, 0.25) is 0 Å². The van der Waals surface area contributed by atoms with Gasteiger partial charge in [0.25, 0.3) is 0 Å². The van der Waals surface area contributed by atoms with Crippen molar-refractivity contribution in [2.75, 3.05) is 0 Å². The predicted molar refractivity (Wildman–Crippen MR) is 58.7 cm³/mol. The van der Waals surface area contributed by atoms with Crippen molar-refractivity contribution in [3.8, 4) is 0 Å². The highest BCUT2D eigenvalue weighted by molar-refractivity contribution is 7.09. The summed E-state index contributed by atoms with van der Waals surface area (Å²) in [6.07, 6.45) is 5.72. The van der Waals surface area contributed by atoms with E-state index in [0.717, 1.165) is 23.4 Å². The molecule has 0 saturated heterocycles. The molecule has 0 spiro atoms. The number of aliphatic hydroxyl groups is 1. The number of aryl methyl sites for hydroxylation is 1. The Labute approximate surface area is 92.2 Å². The van der Waals surface area contributed by atoms with Gasteiger partial charge in [-0.2, -0.15) is 5.10 Å². The lowest BCUT2D eigenvalue weighted by molar-refractivity contribution is 0.224. The van der Waals surface area contributed by atoms with Gasteiger partial charge >= 0.3 is 0 Å². The highest BCUT2D eigenvalue weighted by atomic mass is 32.1. The first-order valence-electron chi connectivity index (χ1n) is 4.90. The Hall–Kier alpha value is -1.20. The Bertz CT molecular complexity index is 410. The minimum atomic E-state index is -0.594. The third-order valence-electron chi connectivity index (χ3n) is 2.14. The number of aromatic nitrogens is 3. The fourth-order valence-electron chi connectivity index (χ4n) is 1.40. The van der Waals surface area contributed by atoms with Crippen LogP contribution in [0.3, 0.4) is 0 Å². The van der Waals surface area contributed by atoms with Crippen molar-refractivity contribution < 1.29 is 5.11 Å². The Morgan fingerprint density at radius 1 is 1.53 bits per heavy atom. The van der Waals surface area contributed by atoms with Gasteiger partial charge in [-0.15, -0.1) is 11.3 Å². The monoisotopic (exact) mass is 223 g/mol. The van der Waals surface area contributed by atoms with E-state index in [1.807, 2.05) is 10.9 Å². The van der Waals surface area contributed by atoms with Gasteiger partial charge in [-0.05, 0) is 6.42 Å². The molecule has 0 aliphatic heterocycles. The second-order valence-corrected chi connectivity index (χ2v) is 4.26. The molecule has 2 aromatic rings. The number of hydrogen-bond acceptors (Lipinski definition) is 4. The van der Waals surface area contributed by atoms with E-state index in [0.29, 0.717) is 0 Å². The van der Waals surface area contributed by atoms with Gasteiger partial charge < -0.3 is 5.11 Å². The Kier molecular flexibility index (Phi) is 3.13. The highest BCUT2D eigenvalue weighted by Gasteiger charge is 2.13. The summed E-state index contributed by atoms with van der Waals surface area (Å²) in [6.45, 7) is 2.98. The summed E-state index contributed by atoms with van der Waals surface area (Å²) < 4.78 is 1.85. The Balaban J connectivity index is 2.15. The standard InChI is InChI=1S/C10H13N3OS/c1-2-3-13-6-8(4-12-13)10(14)9-5-11-7-15-9/h4-7,10,14H,2-3H2,1H3. The molecule has 0 fully saturated rings. The second-order valence-electron chi connectivity index (χ2n) is 3.34. The fraction of sp³-hybridized carbons (Fsp3) is 0.400. The van der Waals surface area contributed by atoms with Crippen molar-refractivity contribution in [3.05, 3.63) is 34.5 Å². The number of nitrogens with zero attached hydrogens (tertiary/aromatic N) is 3. The lowest BCUT2D eigenvalue weighted by atomic mass is 10.2. The van der Waals surface area contributed by atoms with Gasteiger partial charge in [-0.1, -0.05) is 6.92 Å². The van der Waals surface area contributed by atoms with Gasteiger partial charge in [0.2, 0.25) is 0 Å². The van der Waals surface area contributed by atoms with E-state index in [2.05, 4.69) is 17.0 Å². The van der Waals surface area contributed by atoms with Crippen LogP contribution in [-0.2, 0) is 6.54 Å². The molecule has 2 aromatic heterocycles. The molecular formula is C10H13N3OS. The first-order valence-corrected chi connectivity index (χ1v) is 5.78. The van der Waals surface area contributed by atoms with E-state index >= 15 is 0 Å². The highest BCUT2D eigenvalue weighted by Crippen LogP contribution is 2.23. The largest absolute Gasteiger partial charge is 0.383 e. The second kappa shape index (κ2) is 4.55. The molecule has 1 atom stereocenters. The SMILES string of the molecule is CCCn1cc(C(O)c2cncs2)cn1. The van der Waals surface area contributed by atoms with Crippen molar-refractivity contribution in [2.24, 2.45) is 0 Å². The van der Waals surface area contributed by atoms with Gasteiger partial charge in [-0.3, -0.25) is 9.67 Å². The molecule has 1 unspecified atom stereocenters. The molecular weight excluding hydrogens is 210 g/mol. The van der Waals surface area contributed by atoms with Crippen LogP contribution in [-0.4, -0.2) is 19.9 Å². The smallest absolute Gasteiger partial charge is 0.118 e. The van der Waals surface area contributed by atoms with Crippen molar-refractivity contribution in [3.63, 3.8) is 0 Å². The number of rotatable bonds is 4. The molecule has 0 radical (unpaired) electrons. The molecule has 0 aromatic carbocycles. The zero-order chi connectivity index (χ0) is 10.7. The first-order chi connectivity index (χ1) is 7.31. The molecule has 0 bridgehead atoms. The molecule has 0 aliphatic rings. The molecule has 15 heavy (non-hydrogen) atoms. The van der Waals surface area contributed by atoms with E-state index in [4.69, 9.17) is 0 Å². The zero-order valence-corrected chi connectivity index (χ0v) is 9.31. The quantitative estimate of drug-likeness (QED) is 0.860. The molecule has 2 rings (SSSR count). The first kappa shape index (κ1) is 10.3.